The van der Waals surface area contributed by atoms with Crippen LogP contribution in [0.5, 0.6) is 5.75 Å². The molecule has 0 aliphatic heterocycles. The number of hydrogen-bond acceptors (Lipinski definition) is 3. The molecule has 0 aliphatic carbocycles. The van der Waals surface area contributed by atoms with Crippen molar-refractivity contribution in [3.8, 4) is 11.8 Å². The lowest BCUT2D eigenvalue weighted by atomic mass is 10.1. The Kier molecular flexibility index (Phi) is 4.34. The molecule has 3 heteroatoms. The predicted molar refractivity (Wildman–Crippen MR) is 59.5 cm³/mol. The van der Waals surface area contributed by atoms with Crippen LogP contribution in [0.4, 0.5) is 0 Å². The number of methoxy groups -OCH3 is 1. The fourth-order valence-corrected chi connectivity index (χ4v) is 1.76. The van der Waals surface area contributed by atoms with Crippen LogP contribution in [0, 0.1) is 11.3 Å². The summed E-state index contributed by atoms with van der Waals surface area (Å²) in [6, 6.07) is 7.82. The molecule has 0 amide bonds. The first-order chi connectivity index (χ1) is 6.81. The van der Waals surface area contributed by atoms with Gasteiger partial charge in [-0.3, -0.25) is 0 Å². The lowest BCUT2D eigenvalue weighted by Gasteiger charge is -2.05. The summed E-state index contributed by atoms with van der Waals surface area (Å²) < 4.78 is 5.13. The van der Waals surface area contributed by atoms with Crippen LogP contribution < -0.4 is 4.74 Å². The van der Waals surface area contributed by atoms with Crippen LogP contribution in [0.3, 0.4) is 0 Å². The molecule has 0 N–H and O–H groups in total. The minimum absolute atomic E-state index is 0.595. The van der Waals surface area contributed by atoms with Crippen molar-refractivity contribution in [3.63, 3.8) is 0 Å². The second-order valence-corrected chi connectivity index (χ2v) is 4.06. The molecule has 0 spiro atoms. The predicted octanol–water partition coefficient (Wildman–Crippen LogP) is 2.82. The summed E-state index contributed by atoms with van der Waals surface area (Å²) in [7, 11) is 1.59. The summed E-state index contributed by atoms with van der Waals surface area (Å²) in [6.07, 6.45) is 0. The molecule has 2 nitrogen and oxygen atoms in total. The molecule has 1 aromatic rings. The van der Waals surface area contributed by atoms with Crippen molar-refractivity contribution < 1.29 is 4.74 Å². The van der Waals surface area contributed by atoms with Crippen LogP contribution in [-0.4, -0.2) is 12.9 Å². The lowest BCUT2D eigenvalue weighted by Crippen LogP contribution is -1.90. The smallest absolute Gasteiger partial charge is 0.136 e. The van der Waals surface area contributed by atoms with Crippen LogP contribution in [0.1, 0.15) is 18.1 Å². The van der Waals surface area contributed by atoms with E-state index in [1.54, 1.807) is 7.11 Å². The van der Waals surface area contributed by atoms with Gasteiger partial charge in [0.15, 0.2) is 0 Å². The van der Waals surface area contributed by atoms with Gasteiger partial charge in [0, 0.05) is 5.75 Å². The van der Waals surface area contributed by atoms with E-state index in [1.165, 1.54) is 5.56 Å². The van der Waals surface area contributed by atoms with Gasteiger partial charge in [-0.1, -0.05) is 13.0 Å². The molecule has 0 saturated carbocycles. The van der Waals surface area contributed by atoms with Crippen LogP contribution in [0.25, 0.3) is 0 Å². The van der Waals surface area contributed by atoms with E-state index in [-0.39, 0.29) is 0 Å². The van der Waals surface area contributed by atoms with Gasteiger partial charge in [-0.15, -0.1) is 0 Å². The van der Waals surface area contributed by atoms with Crippen LogP contribution >= 0.6 is 11.8 Å². The van der Waals surface area contributed by atoms with Gasteiger partial charge in [0.05, 0.1) is 12.7 Å². The lowest BCUT2D eigenvalue weighted by molar-refractivity contribution is 0.413. The Balaban J connectivity index is 2.86. The number of rotatable bonds is 4. The minimum Gasteiger partial charge on any atom is -0.495 e. The number of thioether (sulfide) groups is 1. The van der Waals surface area contributed by atoms with Crippen molar-refractivity contribution in [1.29, 1.82) is 5.26 Å². The van der Waals surface area contributed by atoms with Crippen molar-refractivity contribution in [2.24, 2.45) is 0 Å². The SMILES string of the molecule is CCSCc1ccc(C#N)c(OC)c1. The van der Waals surface area contributed by atoms with Crippen LogP contribution in [0.2, 0.25) is 0 Å². The van der Waals surface area contributed by atoms with E-state index in [0.29, 0.717) is 11.3 Å². The van der Waals surface area contributed by atoms with Crippen molar-refractivity contribution >= 4 is 11.8 Å². The van der Waals surface area contributed by atoms with Gasteiger partial charge >= 0.3 is 0 Å². The van der Waals surface area contributed by atoms with Crippen molar-refractivity contribution in [3.05, 3.63) is 29.3 Å². The highest BCUT2D eigenvalue weighted by molar-refractivity contribution is 7.98. The highest BCUT2D eigenvalue weighted by Crippen LogP contribution is 2.21. The first-order valence-electron chi connectivity index (χ1n) is 4.46. The molecule has 0 atom stereocenters. The molecule has 1 aromatic carbocycles. The summed E-state index contributed by atoms with van der Waals surface area (Å²) in [5, 5.41) is 8.78. The molecule has 74 valence electrons. The normalized spacial score (nSPS) is 9.50. The maximum atomic E-state index is 8.78. The van der Waals surface area contributed by atoms with Gasteiger partial charge in [-0.05, 0) is 23.4 Å². The maximum Gasteiger partial charge on any atom is 0.136 e. The molecule has 1 rings (SSSR count). The molecule has 0 heterocycles. The van der Waals surface area contributed by atoms with Crippen molar-refractivity contribution in [2.75, 3.05) is 12.9 Å². The molecule has 0 aromatic heterocycles. The summed E-state index contributed by atoms with van der Waals surface area (Å²) in [5.41, 5.74) is 1.80. The fourth-order valence-electron chi connectivity index (χ4n) is 1.14. The average Bonchev–Trinajstić information content (AvgIpc) is 2.25. The van der Waals surface area contributed by atoms with Gasteiger partial charge in [0.1, 0.15) is 11.8 Å². The Hall–Kier alpha value is -1.14. The summed E-state index contributed by atoms with van der Waals surface area (Å²) in [6.45, 7) is 2.13. The first-order valence-corrected chi connectivity index (χ1v) is 5.62. The average molecular weight is 207 g/mol. The van der Waals surface area contributed by atoms with Gasteiger partial charge < -0.3 is 4.74 Å². The number of ether oxygens (including phenoxy) is 1. The minimum atomic E-state index is 0.595. The highest BCUT2D eigenvalue weighted by Gasteiger charge is 2.02. The van der Waals surface area contributed by atoms with E-state index in [0.717, 1.165) is 11.5 Å². The number of benzene rings is 1. The van der Waals surface area contributed by atoms with E-state index >= 15 is 0 Å². The van der Waals surface area contributed by atoms with Crippen LogP contribution in [-0.2, 0) is 5.75 Å². The molecule has 0 aliphatic rings. The maximum absolute atomic E-state index is 8.78. The van der Waals surface area contributed by atoms with Gasteiger partial charge in [0.25, 0.3) is 0 Å². The summed E-state index contributed by atoms with van der Waals surface area (Å²) in [5.74, 6) is 2.74. The van der Waals surface area contributed by atoms with E-state index in [1.807, 2.05) is 30.0 Å². The molecular formula is C11H13NOS. The quantitative estimate of drug-likeness (QED) is 0.761. The largest absolute Gasteiger partial charge is 0.495 e. The third-order valence-electron chi connectivity index (χ3n) is 1.86. The second kappa shape index (κ2) is 5.56. The molecule has 14 heavy (non-hydrogen) atoms. The third-order valence-corrected chi connectivity index (χ3v) is 2.80. The van der Waals surface area contributed by atoms with E-state index in [9.17, 15) is 0 Å². The Labute approximate surface area is 88.9 Å². The Bertz CT molecular complexity index is 344. The molecule has 0 fully saturated rings. The van der Waals surface area contributed by atoms with E-state index in [2.05, 4.69) is 13.0 Å². The topological polar surface area (TPSA) is 33.0 Å². The molecule has 0 bridgehead atoms. The van der Waals surface area contributed by atoms with Gasteiger partial charge in [-0.25, -0.2) is 0 Å². The first kappa shape index (κ1) is 10.9. The molecule has 0 unspecified atom stereocenters. The fraction of sp³-hybridized carbons (Fsp3) is 0.364. The summed E-state index contributed by atoms with van der Waals surface area (Å²) in [4.78, 5) is 0. The molecular weight excluding hydrogens is 194 g/mol. The number of nitrogens with zero attached hydrogens (tertiary/aromatic N) is 1. The van der Waals surface area contributed by atoms with Gasteiger partial charge in [0.2, 0.25) is 0 Å². The zero-order valence-corrected chi connectivity index (χ0v) is 9.23. The highest BCUT2D eigenvalue weighted by atomic mass is 32.2. The zero-order valence-electron chi connectivity index (χ0n) is 8.41. The molecule has 0 saturated heterocycles. The number of hydrogen-bond donors (Lipinski definition) is 0. The summed E-state index contributed by atoms with van der Waals surface area (Å²) >= 11 is 1.86. The van der Waals surface area contributed by atoms with Crippen molar-refractivity contribution in [1.82, 2.24) is 0 Å². The molecule has 0 radical (unpaired) electrons. The Morgan fingerprint density at radius 1 is 1.50 bits per heavy atom. The standard InChI is InChI=1S/C11H13NOS/c1-3-14-8-9-4-5-10(7-12)11(6-9)13-2/h4-6H,3,8H2,1-2H3. The van der Waals surface area contributed by atoms with E-state index in [4.69, 9.17) is 10.00 Å². The van der Waals surface area contributed by atoms with Crippen LogP contribution in [0.15, 0.2) is 18.2 Å². The van der Waals surface area contributed by atoms with Crippen molar-refractivity contribution in [2.45, 2.75) is 12.7 Å². The Morgan fingerprint density at radius 3 is 2.86 bits per heavy atom. The zero-order chi connectivity index (χ0) is 10.4. The Morgan fingerprint density at radius 2 is 2.29 bits per heavy atom. The third kappa shape index (κ3) is 2.68. The second-order valence-electron chi connectivity index (χ2n) is 2.78. The van der Waals surface area contributed by atoms with Gasteiger partial charge in [-0.2, -0.15) is 17.0 Å². The number of nitriles is 1. The monoisotopic (exact) mass is 207 g/mol. The van der Waals surface area contributed by atoms with E-state index < -0.39 is 0 Å².